The maximum absolute atomic E-state index is 12.2. The Kier molecular flexibility index (Phi) is 6.46. The zero-order valence-electron chi connectivity index (χ0n) is 10.8. The monoisotopic (exact) mass is 337 g/mol. The lowest BCUT2D eigenvalue weighted by atomic mass is 10.2. The van der Waals surface area contributed by atoms with Crippen molar-refractivity contribution in [3.05, 3.63) is 22.2 Å². The molecule has 0 bridgehead atoms. The molecular formula is C12H11Cl2F2N3O2. The Balaban J connectivity index is 2.73. The first-order valence-corrected chi connectivity index (χ1v) is 6.47. The Hall–Kier alpha value is -1.78. The van der Waals surface area contributed by atoms with Gasteiger partial charge in [-0.25, -0.2) is 4.79 Å². The van der Waals surface area contributed by atoms with Crippen LogP contribution in [0.15, 0.2) is 12.1 Å². The summed E-state index contributed by atoms with van der Waals surface area (Å²) in [5, 5.41) is 13.1. The SMILES string of the molecule is C[C@H](C#N)CNC(=O)Nc1cc(Cl)c(OC(F)F)c(Cl)c1. The summed E-state index contributed by atoms with van der Waals surface area (Å²) in [6, 6.07) is 3.82. The number of nitriles is 1. The number of benzene rings is 1. The molecule has 0 radical (unpaired) electrons. The first kappa shape index (κ1) is 17.3. The summed E-state index contributed by atoms with van der Waals surface area (Å²) < 4.78 is 28.5. The normalized spacial score (nSPS) is 11.7. The Morgan fingerprint density at radius 2 is 2.00 bits per heavy atom. The topological polar surface area (TPSA) is 74.2 Å². The minimum atomic E-state index is -3.06. The van der Waals surface area contributed by atoms with Gasteiger partial charge in [-0.3, -0.25) is 0 Å². The lowest BCUT2D eigenvalue weighted by molar-refractivity contribution is -0.0497. The Morgan fingerprint density at radius 3 is 2.48 bits per heavy atom. The van der Waals surface area contributed by atoms with E-state index in [-0.39, 0.29) is 33.9 Å². The van der Waals surface area contributed by atoms with Gasteiger partial charge < -0.3 is 15.4 Å². The fraction of sp³-hybridized carbons (Fsp3) is 0.333. The van der Waals surface area contributed by atoms with Gasteiger partial charge in [0.15, 0.2) is 5.75 Å². The van der Waals surface area contributed by atoms with Crippen LogP contribution in [0, 0.1) is 17.2 Å². The fourth-order valence-electron chi connectivity index (χ4n) is 1.30. The number of carbonyl (C=O) groups is 1. The largest absolute Gasteiger partial charge is 0.432 e. The van der Waals surface area contributed by atoms with E-state index in [4.69, 9.17) is 28.5 Å². The highest BCUT2D eigenvalue weighted by molar-refractivity contribution is 6.37. The Labute approximate surface area is 129 Å². The molecule has 0 saturated heterocycles. The highest BCUT2D eigenvalue weighted by Gasteiger charge is 2.15. The molecule has 0 aliphatic heterocycles. The van der Waals surface area contributed by atoms with Crippen LogP contribution in [0.2, 0.25) is 10.0 Å². The number of halogens is 4. The van der Waals surface area contributed by atoms with Crippen molar-refractivity contribution in [3.63, 3.8) is 0 Å². The van der Waals surface area contributed by atoms with Crippen LogP contribution in [-0.4, -0.2) is 19.2 Å². The summed E-state index contributed by atoms with van der Waals surface area (Å²) in [7, 11) is 0. The summed E-state index contributed by atoms with van der Waals surface area (Å²) in [6.07, 6.45) is 0. The van der Waals surface area contributed by atoms with Crippen LogP contribution in [0.3, 0.4) is 0 Å². The van der Waals surface area contributed by atoms with Crippen molar-refractivity contribution in [1.29, 1.82) is 5.26 Å². The number of urea groups is 1. The van der Waals surface area contributed by atoms with Crippen molar-refractivity contribution >= 4 is 34.9 Å². The number of alkyl halides is 2. The number of hydrogen-bond donors (Lipinski definition) is 2. The van der Waals surface area contributed by atoms with Crippen LogP contribution in [-0.2, 0) is 0 Å². The molecule has 0 heterocycles. The predicted molar refractivity (Wildman–Crippen MR) is 74.9 cm³/mol. The van der Waals surface area contributed by atoms with Gasteiger partial charge in [-0.05, 0) is 19.1 Å². The quantitative estimate of drug-likeness (QED) is 0.856. The summed E-state index contributed by atoms with van der Waals surface area (Å²) in [5.41, 5.74) is 0.203. The predicted octanol–water partition coefficient (Wildman–Crippen LogP) is 3.88. The lowest BCUT2D eigenvalue weighted by Crippen LogP contribution is -2.32. The van der Waals surface area contributed by atoms with Crippen molar-refractivity contribution in [3.8, 4) is 11.8 Å². The van der Waals surface area contributed by atoms with E-state index in [1.165, 1.54) is 12.1 Å². The zero-order valence-corrected chi connectivity index (χ0v) is 12.3. The number of ether oxygens (including phenoxy) is 1. The second-order valence-electron chi connectivity index (χ2n) is 4.01. The maximum atomic E-state index is 12.2. The van der Waals surface area contributed by atoms with Gasteiger partial charge in [0, 0.05) is 12.2 Å². The molecular weight excluding hydrogens is 327 g/mol. The third-order valence-corrected chi connectivity index (χ3v) is 2.81. The second kappa shape index (κ2) is 7.86. The molecule has 0 aliphatic carbocycles. The van der Waals surface area contributed by atoms with Gasteiger partial charge in [0.25, 0.3) is 0 Å². The standard InChI is InChI=1S/C12H11Cl2F2N3O2/c1-6(4-17)5-18-12(20)19-7-2-8(13)10(9(14)3-7)21-11(15)16/h2-3,6,11H,5H2,1H3,(H2,18,19,20)/t6-/m1/s1. The molecule has 1 atom stereocenters. The van der Waals surface area contributed by atoms with Crippen LogP contribution in [0.4, 0.5) is 19.3 Å². The molecule has 1 aromatic carbocycles. The first-order chi connectivity index (χ1) is 9.83. The number of hydrogen-bond acceptors (Lipinski definition) is 3. The average Bonchev–Trinajstić information content (AvgIpc) is 2.40. The Bertz CT molecular complexity index is 541. The maximum Gasteiger partial charge on any atom is 0.387 e. The van der Waals surface area contributed by atoms with Crippen molar-refractivity contribution in [2.24, 2.45) is 5.92 Å². The number of nitrogens with one attached hydrogen (secondary N) is 2. The van der Waals surface area contributed by atoms with E-state index in [2.05, 4.69) is 15.4 Å². The second-order valence-corrected chi connectivity index (χ2v) is 4.83. The van der Waals surface area contributed by atoms with Gasteiger partial charge in [0.05, 0.1) is 22.0 Å². The van der Waals surface area contributed by atoms with E-state index in [1.54, 1.807) is 6.92 Å². The molecule has 0 fully saturated rings. The van der Waals surface area contributed by atoms with E-state index in [0.29, 0.717) is 0 Å². The molecule has 5 nitrogen and oxygen atoms in total. The molecule has 1 rings (SSSR count). The summed E-state index contributed by atoms with van der Waals surface area (Å²) in [5.74, 6) is -0.706. The molecule has 114 valence electrons. The Morgan fingerprint density at radius 1 is 1.43 bits per heavy atom. The van der Waals surface area contributed by atoms with Gasteiger partial charge in [0.1, 0.15) is 0 Å². The van der Waals surface area contributed by atoms with Gasteiger partial charge in [-0.1, -0.05) is 23.2 Å². The highest BCUT2D eigenvalue weighted by atomic mass is 35.5. The van der Waals surface area contributed by atoms with E-state index in [9.17, 15) is 13.6 Å². The number of anilines is 1. The fourth-order valence-corrected chi connectivity index (χ4v) is 1.88. The van der Waals surface area contributed by atoms with Crippen molar-refractivity contribution in [2.45, 2.75) is 13.5 Å². The van der Waals surface area contributed by atoms with Crippen LogP contribution in [0.25, 0.3) is 0 Å². The van der Waals surface area contributed by atoms with E-state index in [1.807, 2.05) is 6.07 Å². The highest BCUT2D eigenvalue weighted by Crippen LogP contribution is 2.36. The molecule has 0 aromatic heterocycles. The van der Waals surface area contributed by atoms with E-state index in [0.717, 1.165) is 0 Å². The smallest absolute Gasteiger partial charge is 0.387 e. The van der Waals surface area contributed by atoms with Crippen molar-refractivity contribution in [2.75, 3.05) is 11.9 Å². The van der Waals surface area contributed by atoms with Crippen molar-refractivity contribution < 1.29 is 18.3 Å². The molecule has 0 saturated carbocycles. The van der Waals surface area contributed by atoms with Crippen LogP contribution in [0.5, 0.6) is 5.75 Å². The number of carbonyl (C=O) groups excluding carboxylic acids is 1. The molecule has 0 spiro atoms. The summed E-state index contributed by atoms with van der Waals surface area (Å²) in [4.78, 5) is 11.5. The van der Waals surface area contributed by atoms with Gasteiger partial charge in [-0.15, -0.1) is 0 Å². The summed E-state index contributed by atoms with van der Waals surface area (Å²) >= 11 is 11.5. The molecule has 21 heavy (non-hydrogen) atoms. The molecule has 0 aliphatic rings. The minimum absolute atomic E-state index is 0.163. The zero-order chi connectivity index (χ0) is 16.0. The number of amides is 2. The number of nitrogens with zero attached hydrogens (tertiary/aromatic N) is 1. The minimum Gasteiger partial charge on any atom is -0.432 e. The molecule has 1 aromatic rings. The number of rotatable bonds is 5. The molecule has 2 N–H and O–H groups in total. The summed E-state index contributed by atoms with van der Waals surface area (Å²) in [6.45, 7) is -1.25. The molecule has 0 unspecified atom stereocenters. The third-order valence-electron chi connectivity index (χ3n) is 2.25. The van der Waals surface area contributed by atoms with E-state index < -0.39 is 12.6 Å². The van der Waals surface area contributed by atoms with E-state index >= 15 is 0 Å². The van der Waals surface area contributed by atoms with Crippen molar-refractivity contribution in [1.82, 2.24) is 5.32 Å². The van der Waals surface area contributed by atoms with Crippen LogP contribution >= 0.6 is 23.2 Å². The van der Waals surface area contributed by atoms with Gasteiger partial charge >= 0.3 is 12.6 Å². The lowest BCUT2D eigenvalue weighted by Gasteiger charge is -2.12. The first-order valence-electron chi connectivity index (χ1n) is 5.71. The molecule has 2 amide bonds. The van der Waals surface area contributed by atoms with Crippen LogP contribution in [0.1, 0.15) is 6.92 Å². The van der Waals surface area contributed by atoms with Gasteiger partial charge in [0.2, 0.25) is 0 Å². The molecule has 9 heteroatoms. The van der Waals surface area contributed by atoms with Crippen LogP contribution < -0.4 is 15.4 Å². The average molecular weight is 338 g/mol. The van der Waals surface area contributed by atoms with Gasteiger partial charge in [-0.2, -0.15) is 14.0 Å². The third kappa shape index (κ3) is 5.61.